The lowest BCUT2D eigenvalue weighted by molar-refractivity contribution is 0.0211. The highest BCUT2D eigenvalue weighted by Crippen LogP contribution is 2.31. The maximum atomic E-state index is 8.58. The molecule has 1 aromatic carbocycles. The summed E-state index contributed by atoms with van der Waals surface area (Å²) in [5.74, 6) is 0.444. The van der Waals surface area contributed by atoms with Crippen molar-refractivity contribution < 1.29 is 4.74 Å². The molecule has 0 unspecified atom stereocenters. The van der Waals surface area contributed by atoms with E-state index < -0.39 is 0 Å². The average Bonchev–Trinajstić information content (AvgIpc) is 2.65. The number of nitriles is 1. The van der Waals surface area contributed by atoms with E-state index in [2.05, 4.69) is 15.3 Å². The van der Waals surface area contributed by atoms with Gasteiger partial charge in [-0.3, -0.25) is 9.98 Å². The van der Waals surface area contributed by atoms with Crippen molar-refractivity contribution in [3.63, 3.8) is 0 Å². The van der Waals surface area contributed by atoms with Gasteiger partial charge >= 0.3 is 0 Å². The molecular weight excluding hydrogens is 352 g/mol. The molecule has 2 aliphatic rings. The zero-order chi connectivity index (χ0) is 19.3. The van der Waals surface area contributed by atoms with Crippen LogP contribution < -0.4 is 11.1 Å². The monoisotopic (exact) mass is 374 g/mol. The first-order valence-corrected chi connectivity index (χ1v) is 9.38. The molecule has 2 fully saturated rings. The van der Waals surface area contributed by atoms with Gasteiger partial charge < -0.3 is 15.8 Å². The van der Waals surface area contributed by atoms with Gasteiger partial charge in [-0.15, -0.1) is 0 Å². The highest BCUT2D eigenvalue weighted by Gasteiger charge is 2.26. The summed E-state index contributed by atoms with van der Waals surface area (Å²) >= 11 is 0. The molecule has 1 saturated carbocycles. The molecule has 0 bridgehead atoms. The lowest BCUT2D eigenvalue weighted by Gasteiger charge is -2.29. The van der Waals surface area contributed by atoms with Gasteiger partial charge in [0.2, 0.25) is 0 Å². The molecule has 2 heterocycles. The first-order valence-electron chi connectivity index (χ1n) is 9.38. The van der Waals surface area contributed by atoms with Crippen LogP contribution in [0, 0.1) is 17.2 Å². The summed E-state index contributed by atoms with van der Waals surface area (Å²) < 4.78 is 5.20. The molecule has 1 aliphatic carbocycles. The molecule has 3 N–H and O–H groups in total. The maximum absolute atomic E-state index is 8.58. The minimum Gasteiger partial charge on any atom is -0.404 e. The fraction of sp³-hybridized carbons (Fsp3) is 0.333. The molecule has 0 atom stereocenters. The number of benzene rings is 1. The zero-order valence-corrected chi connectivity index (χ0v) is 15.5. The van der Waals surface area contributed by atoms with Crippen LogP contribution >= 0.6 is 0 Å². The van der Waals surface area contributed by atoms with Crippen molar-refractivity contribution >= 4 is 28.5 Å². The molecule has 0 radical (unpaired) electrons. The number of hydrogen-bond acceptors (Lipinski definition) is 7. The van der Waals surface area contributed by atoms with Gasteiger partial charge in [0.1, 0.15) is 0 Å². The van der Waals surface area contributed by atoms with Crippen molar-refractivity contribution in [3.05, 3.63) is 48.4 Å². The Balaban J connectivity index is 1.46. The summed E-state index contributed by atoms with van der Waals surface area (Å²) in [6, 6.07) is 8.60. The third-order valence-electron chi connectivity index (χ3n) is 5.04. The molecule has 0 amide bonds. The van der Waals surface area contributed by atoms with E-state index in [0.29, 0.717) is 17.7 Å². The first kappa shape index (κ1) is 18.1. The third-order valence-corrected chi connectivity index (χ3v) is 5.04. The van der Waals surface area contributed by atoms with Crippen molar-refractivity contribution in [2.45, 2.75) is 24.9 Å². The van der Waals surface area contributed by atoms with Gasteiger partial charge in [0, 0.05) is 29.8 Å². The summed E-state index contributed by atoms with van der Waals surface area (Å²) in [5, 5.41) is 12.0. The van der Waals surface area contributed by atoms with E-state index in [1.54, 1.807) is 18.5 Å². The van der Waals surface area contributed by atoms with Gasteiger partial charge in [-0.05, 0) is 37.0 Å². The summed E-state index contributed by atoms with van der Waals surface area (Å²) in [6.07, 6.45) is 10.4. The van der Waals surface area contributed by atoms with Crippen molar-refractivity contribution in [2.24, 2.45) is 16.6 Å². The Bertz CT molecular complexity index is 980. The topological polar surface area (TPSA) is 109 Å². The number of nitrogens with one attached hydrogen (secondary N) is 1. The molecule has 1 saturated heterocycles. The van der Waals surface area contributed by atoms with Crippen molar-refractivity contribution in [1.82, 2.24) is 9.97 Å². The molecule has 7 nitrogen and oxygen atoms in total. The van der Waals surface area contributed by atoms with E-state index in [4.69, 9.17) is 20.7 Å². The predicted molar refractivity (Wildman–Crippen MR) is 110 cm³/mol. The van der Waals surface area contributed by atoms with Gasteiger partial charge in [-0.25, -0.2) is 4.98 Å². The highest BCUT2D eigenvalue weighted by molar-refractivity contribution is 6.09. The van der Waals surface area contributed by atoms with Crippen LogP contribution in [0.25, 0.3) is 16.6 Å². The zero-order valence-electron chi connectivity index (χ0n) is 15.5. The summed E-state index contributed by atoms with van der Waals surface area (Å²) in [5.41, 5.74) is 9.90. The lowest BCUT2D eigenvalue weighted by Crippen LogP contribution is -2.40. The van der Waals surface area contributed by atoms with E-state index in [9.17, 15) is 0 Å². The SMILES string of the molecule is N#C/C=C/C1CC(N=CC(=CN)c2cnc3ccc(NC4COC4)cc3n2)C1. The second-order valence-electron chi connectivity index (χ2n) is 7.11. The number of rotatable bonds is 6. The van der Waals surface area contributed by atoms with E-state index >= 15 is 0 Å². The Morgan fingerprint density at radius 2 is 2.18 bits per heavy atom. The number of aliphatic imine (C=N–C) groups is 1. The van der Waals surface area contributed by atoms with Crippen molar-refractivity contribution in [3.8, 4) is 6.07 Å². The van der Waals surface area contributed by atoms with E-state index in [0.717, 1.165) is 48.3 Å². The minimum atomic E-state index is 0.261. The summed E-state index contributed by atoms with van der Waals surface area (Å²) in [4.78, 5) is 13.8. The number of anilines is 1. The number of fused-ring (bicyclic) bond motifs is 1. The fourth-order valence-electron chi connectivity index (χ4n) is 3.26. The predicted octanol–water partition coefficient (Wildman–Crippen LogP) is 2.67. The number of nitrogens with two attached hydrogens (primary N) is 1. The second-order valence-corrected chi connectivity index (χ2v) is 7.11. The van der Waals surface area contributed by atoms with Crippen LogP contribution in [-0.2, 0) is 4.74 Å². The number of aromatic nitrogens is 2. The molecule has 2 aromatic rings. The molecule has 4 rings (SSSR count). The van der Waals surface area contributed by atoms with Gasteiger partial charge in [0.05, 0.1) is 54.3 Å². The Morgan fingerprint density at radius 1 is 1.32 bits per heavy atom. The Morgan fingerprint density at radius 3 is 2.89 bits per heavy atom. The lowest BCUT2D eigenvalue weighted by atomic mass is 9.80. The van der Waals surface area contributed by atoms with E-state index in [1.807, 2.05) is 30.3 Å². The van der Waals surface area contributed by atoms with Crippen LogP contribution in [0.5, 0.6) is 0 Å². The highest BCUT2D eigenvalue weighted by atomic mass is 16.5. The van der Waals surface area contributed by atoms with Crippen LogP contribution in [0.3, 0.4) is 0 Å². The molecule has 28 heavy (non-hydrogen) atoms. The van der Waals surface area contributed by atoms with Gasteiger partial charge in [0.15, 0.2) is 0 Å². The number of allylic oxidation sites excluding steroid dienone is 3. The van der Waals surface area contributed by atoms with E-state index in [1.165, 1.54) is 6.20 Å². The molecule has 7 heteroatoms. The first-order chi connectivity index (χ1) is 13.7. The smallest absolute Gasteiger partial charge is 0.0922 e. The molecule has 1 aromatic heterocycles. The van der Waals surface area contributed by atoms with Crippen molar-refractivity contribution in [1.29, 1.82) is 5.26 Å². The Hall–Kier alpha value is -3.24. The largest absolute Gasteiger partial charge is 0.404 e. The minimum absolute atomic E-state index is 0.261. The standard InChI is InChI=1S/C21H22N6O/c22-5-1-2-14-6-17(7-14)24-10-15(9-23)21-11-25-19-4-3-16(8-20(19)27-21)26-18-12-28-13-18/h1-4,8-11,14,17-18,26H,6-7,12-13,23H2/b2-1+,15-9?,24-10?. The Labute approximate surface area is 163 Å². The number of ether oxygens (including phenoxy) is 1. The second kappa shape index (κ2) is 8.19. The van der Waals surface area contributed by atoms with Crippen molar-refractivity contribution in [2.75, 3.05) is 18.5 Å². The molecule has 142 valence electrons. The number of nitrogens with zero attached hydrogens (tertiary/aromatic N) is 4. The molecular formula is C21H22N6O. The molecule has 1 aliphatic heterocycles. The number of hydrogen-bond donors (Lipinski definition) is 2. The fourth-order valence-corrected chi connectivity index (χ4v) is 3.26. The summed E-state index contributed by atoms with van der Waals surface area (Å²) in [6.45, 7) is 1.46. The van der Waals surface area contributed by atoms with Crippen LogP contribution in [0.1, 0.15) is 18.5 Å². The van der Waals surface area contributed by atoms with E-state index in [-0.39, 0.29) is 6.04 Å². The van der Waals surface area contributed by atoms with Gasteiger partial charge in [0.25, 0.3) is 0 Å². The van der Waals surface area contributed by atoms with Gasteiger partial charge in [-0.2, -0.15) is 5.26 Å². The molecule has 0 spiro atoms. The Kier molecular flexibility index (Phi) is 5.31. The maximum Gasteiger partial charge on any atom is 0.0922 e. The third kappa shape index (κ3) is 4.02. The normalized spacial score (nSPS) is 22.9. The summed E-state index contributed by atoms with van der Waals surface area (Å²) in [7, 11) is 0. The van der Waals surface area contributed by atoms with Gasteiger partial charge in [-0.1, -0.05) is 6.08 Å². The van der Waals surface area contributed by atoms with Crippen LogP contribution in [0.15, 0.2) is 47.7 Å². The quantitative estimate of drug-likeness (QED) is 0.594. The average molecular weight is 374 g/mol. The van der Waals surface area contributed by atoms with Crippen LogP contribution in [-0.4, -0.2) is 41.5 Å². The van der Waals surface area contributed by atoms with Crippen LogP contribution in [0.4, 0.5) is 5.69 Å². The van der Waals surface area contributed by atoms with Crippen LogP contribution in [0.2, 0.25) is 0 Å².